The molecule has 3 N–H and O–H groups in total. The molecule has 2 unspecified atom stereocenters. The number of amides is 1. The molecule has 1 saturated heterocycles. The van der Waals surface area contributed by atoms with Crippen molar-refractivity contribution in [3.63, 3.8) is 0 Å². The molecule has 1 aliphatic heterocycles. The van der Waals surface area contributed by atoms with Gasteiger partial charge in [-0.3, -0.25) is 4.79 Å². The average molecular weight is 395 g/mol. The lowest BCUT2D eigenvalue weighted by Crippen LogP contribution is -2.31. The molecule has 1 heterocycles. The molecule has 0 spiro atoms. The van der Waals surface area contributed by atoms with Gasteiger partial charge in [-0.1, -0.05) is 37.3 Å². The van der Waals surface area contributed by atoms with Gasteiger partial charge in [0.1, 0.15) is 0 Å². The van der Waals surface area contributed by atoms with Crippen molar-refractivity contribution in [1.82, 2.24) is 0 Å². The smallest absolute Gasteiger partial charge is 0.335 e. The lowest BCUT2D eigenvalue weighted by atomic mass is 9.82. The highest BCUT2D eigenvalue weighted by atomic mass is 16.4. The minimum absolute atomic E-state index is 0.199. The zero-order valence-electron chi connectivity index (χ0n) is 17.0. The van der Waals surface area contributed by atoms with Gasteiger partial charge in [0, 0.05) is 18.8 Å². The number of anilines is 1. The molecule has 0 radical (unpaired) electrons. The molecule has 0 aliphatic carbocycles. The maximum Gasteiger partial charge on any atom is 0.335 e. The molecule has 1 amide bonds. The van der Waals surface area contributed by atoms with Crippen LogP contribution in [0.1, 0.15) is 72.3 Å². The van der Waals surface area contributed by atoms with Crippen LogP contribution in [0.2, 0.25) is 0 Å². The summed E-state index contributed by atoms with van der Waals surface area (Å²) < 4.78 is 0. The van der Waals surface area contributed by atoms with Gasteiger partial charge >= 0.3 is 5.97 Å². The molecule has 0 saturated carbocycles. The van der Waals surface area contributed by atoms with E-state index in [1.54, 1.807) is 12.1 Å². The van der Waals surface area contributed by atoms with Gasteiger partial charge in [0.05, 0.1) is 11.5 Å². The van der Waals surface area contributed by atoms with Crippen LogP contribution in [-0.4, -0.2) is 30.1 Å². The Morgan fingerprint density at radius 3 is 2.28 bits per heavy atom. The number of carbonyl (C=O) groups is 2. The molecule has 5 heteroatoms. The van der Waals surface area contributed by atoms with Gasteiger partial charge in [0.15, 0.2) is 0 Å². The van der Waals surface area contributed by atoms with E-state index < -0.39 is 11.9 Å². The van der Waals surface area contributed by atoms with E-state index in [1.165, 1.54) is 42.6 Å². The second-order valence-corrected chi connectivity index (χ2v) is 7.83. The standard InChI is InChI=1S/C24H30N2O3/c1-2-17(20-8-4-5-9-22(20)26-14-6-3-7-15-26)16-21(23(25)27)18-10-12-19(13-11-18)24(28)29/h4-5,8-13,17,21H,2-3,6-7,14-16H2,1H3,(H2,25,27)(H,28,29). The van der Waals surface area contributed by atoms with Crippen LogP contribution in [0.15, 0.2) is 48.5 Å². The van der Waals surface area contributed by atoms with Crippen molar-refractivity contribution >= 4 is 17.6 Å². The van der Waals surface area contributed by atoms with Crippen molar-refractivity contribution in [2.75, 3.05) is 18.0 Å². The number of benzene rings is 2. The molecular formula is C24H30N2O3. The number of nitrogens with two attached hydrogens (primary N) is 1. The predicted molar refractivity (Wildman–Crippen MR) is 115 cm³/mol. The van der Waals surface area contributed by atoms with Crippen LogP contribution in [0.3, 0.4) is 0 Å². The largest absolute Gasteiger partial charge is 0.478 e. The molecule has 1 aliphatic rings. The molecular weight excluding hydrogens is 364 g/mol. The lowest BCUT2D eigenvalue weighted by Gasteiger charge is -2.33. The number of carbonyl (C=O) groups excluding carboxylic acids is 1. The van der Waals surface area contributed by atoms with Crippen molar-refractivity contribution < 1.29 is 14.7 Å². The molecule has 154 valence electrons. The number of carboxylic acids is 1. The van der Waals surface area contributed by atoms with Crippen LogP contribution < -0.4 is 10.6 Å². The Kier molecular flexibility index (Phi) is 6.91. The van der Waals surface area contributed by atoms with Gasteiger partial charge in [-0.05, 0) is 67.3 Å². The van der Waals surface area contributed by atoms with Crippen molar-refractivity contribution in [3.05, 3.63) is 65.2 Å². The second kappa shape index (κ2) is 9.59. The fourth-order valence-electron chi connectivity index (χ4n) is 4.33. The quantitative estimate of drug-likeness (QED) is 0.689. The first-order valence-electron chi connectivity index (χ1n) is 10.5. The number of carboxylic acid groups (broad SMARTS) is 1. The van der Waals surface area contributed by atoms with E-state index in [0.29, 0.717) is 6.42 Å². The van der Waals surface area contributed by atoms with E-state index in [9.17, 15) is 9.59 Å². The van der Waals surface area contributed by atoms with Crippen LogP contribution in [0.4, 0.5) is 5.69 Å². The molecule has 2 aromatic carbocycles. The van der Waals surface area contributed by atoms with Crippen molar-refractivity contribution in [3.8, 4) is 0 Å². The number of nitrogens with zero attached hydrogens (tertiary/aromatic N) is 1. The summed E-state index contributed by atoms with van der Waals surface area (Å²) in [5.74, 6) is -1.60. The summed E-state index contributed by atoms with van der Waals surface area (Å²) in [4.78, 5) is 25.9. The van der Waals surface area contributed by atoms with Crippen molar-refractivity contribution in [2.45, 2.75) is 50.9 Å². The van der Waals surface area contributed by atoms with Gasteiger partial charge in [-0.15, -0.1) is 0 Å². The minimum atomic E-state index is -0.978. The number of piperidine rings is 1. The van der Waals surface area contributed by atoms with Crippen LogP contribution >= 0.6 is 0 Å². The lowest BCUT2D eigenvalue weighted by molar-refractivity contribution is -0.119. The summed E-state index contributed by atoms with van der Waals surface area (Å²) in [6.07, 6.45) is 5.23. The molecule has 5 nitrogen and oxygen atoms in total. The highest BCUT2D eigenvalue weighted by Gasteiger charge is 2.26. The highest BCUT2D eigenvalue weighted by molar-refractivity contribution is 5.88. The van der Waals surface area contributed by atoms with Gasteiger partial charge in [-0.25, -0.2) is 4.79 Å². The third kappa shape index (κ3) is 4.97. The number of aromatic carboxylic acids is 1. The van der Waals surface area contributed by atoms with Crippen LogP contribution in [0.5, 0.6) is 0 Å². The van der Waals surface area contributed by atoms with Crippen LogP contribution in [0.25, 0.3) is 0 Å². The van der Waals surface area contributed by atoms with E-state index in [-0.39, 0.29) is 17.4 Å². The molecule has 3 rings (SSSR count). The number of hydrogen-bond donors (Lipinski definition) is 2. The SMILES string of the molecule is CCC(CC(C(N)=O)c1ccc(C(=O)O)cc1)c1ccccc1N1CCCCC1. The van der Waals surface area contributed by atoms with E-state index >= 15 is 0 Å². The molecule has 2 atom stereocenters. The second-order valence-electron chi connectivity index (χ2n) is 7.83. The Labute approximate surface area is 172 Å². The van der Waals surface area contributed by atoms with E-state index in [0.717, 1.165) is 25.1 Å². The third-order valence-electron chi connectivity index (χ3n) is 5.99. The Bertz CT molecular complexity index is 841. The Hall–Kier alpha value is -2.82. The van der Waals surface area contributed by atoms with Crippen LogP contribution in [-0.2, 0) is 4.79 Å². The first kappa shape index (κ1) is 20.9. The first-order chi connectivity index (χ1) is 14.0. The normalized spacial score (nSPS) is 16.2. The van der Waals surface area contributed by atoms with Gasteiger partial charge < -0.3 is 15.7 Å². The predicted octanol–water partition coefficient (Wildman–Crippen LogP) is 4.53. The number of primary amides is 1. The van der Waals surface area contributed by atoms with Crippen molar-refractivity contribution in [2.24, 2.45) is 5.73 Å². The zero-order valence-corrected chi connectivity index (χ0v) is 17.0. The molecule has 29 heavy (non-hydrogen) atoms. The minimum Gasteiger partial charge on any atom is -0.478 e. The molecule has 0 aromatic heterocycles. The monoisotopic (exact) mass is 394 g/mol. The Morgan fingerprint density at radius 2 is 1.69 bits per heavy atom. The van der Waals surface area contributed by atoms with Crippen molar-refractivity contribution in [1.29, 1.82) is 0 Å². The highest BCUT2D eigenvalue weighted by Crippen LogP contribution is 2.37. The average Bonchev–Trinajstić information content (AvgIpc) is 2.75. The summed E-state index contributed by atoms with van der Waals surface area (Å²) in [6, 6.07) is 15.0. The van der Waals surface area contributed by atoms with E-state index in [1.807, 2.05) is 0 Å². The summed E-state index contributed by atoms with van der Waals surface area (Å²) in [7, 11) is 0. The Morgan fingerprint density at radius 1 is 1.03 bits per heavy atom. The topological polar surface area (TPSA) is 83.6 Å². The summed E-state index contributed by atoms with van der Waals surface area (Å²) in [6.45, 7) is 4.29. The summed E-state index contributed by atoms with van der Waals surface area (Å²) in [5, 5.41) is 9.11. The van der Waals surface area contributed by atoms with Crippen LogP contribution in [0, 0.1) is 0 Å². The fraction of sp³-hybridized carbons (Fsp3) is 0.417. The number of para-hydroxylation sites is 1. The first-order valence-corrected chi connectivity index (χ1v) is 10.5. The summed E-state index contributed by atoms with van der Waals surface area (Å²) in [5.41, 5.74) is 9.28. The maximum absolute atomic E-state index is 12.3. The summed E-state index contributed by atoms with van der Waals surface area (Å²) >= 11 is 0. The molecule has 2 aromatic rings. The van der Waals surface area contributed by atoms with Gasteiger partial charge in [0.25, 0.3) is 0 Å². The van der Waals surface area contributed by atoms with E-state index in [2.05, 4.69) is 36.1 Å². The Balaban J connectivity index is 1.87. The third-order valence-corrected chi connectivity index (χ3v) is 5.99. The van der Waals surface area contributed by atoms with E-state index in [4.69, 9.17) is 10.8 Å². The molecule has 1 fully saturated rings. The molecule has 0 bridgehead atoms. The zero-order chi connectivity index (χ0) is 20.8. The number of hydrogen-bond acceptors (Lipinski definition) is 3. The fourth-order valence-corrected chi connectivity index (χ4v) is 4.33. The van der Waals surface area contributed by atoms with Gasteiger partial charge in [0.2, 0.25) is 5.91 Å². The van der Waals surface area contributed by atoms with Gasteiger partial charge in [-0.2, -0.15) is 0 Å². The number of rotatable bonds is 8. The maximum atomic E-state index is 12.3.